The number of aryl methyl sites for hydroxylation is 1. The van der Waals surface area contributed by atoms with Crippen LogP contribution < -0.4 is 5.73 Å². The fraction of sp³-hybridized carbons (Fsp3) is 0.500. The van der Waals surface area contributed by atoms with E-state index in [9.17, 15) is 9.59 Å². The molecule has 0 atom stereocenters. The molecule has 7 nitrogen and oxygen atoms in total. The van der Waals surface area contributed by atoms with Gasteiger partial charge in [-0.25, -0.2) is 9.48 Å². The van der Waals surface area contributed by atoms with Gasteiger partial charge in [-0.15, -0.1) is 0 Å². The molecular weight excluding hydrogens is 226 g/mol. The number of carbonyl (C=O) groups is 2. The molecule has 0 saturated heterocycles. The van der Waals surface area contributed by atoms with E-state index in [4.69, 9.17) is 15.6 Å². The number of rotatable bonds is 5. The number of hydrogen-bond donors (Lipinski definition) is 2. The van der Waals surface area contributed by atoms with Crippen molar-refractivity contribution < 1.29 is 19.4 Å². The summed E-state index contributed by atoms with van der Waals surface area (Å²) in [4.78, 5) is 21.9. The Balaban J connectivity index is 2.91. The van der Waals surface area contributed by atoms with E-state index in [2.05, 4.69) is 5.10 Å². The third-order valence-electron chi connectivity index (χ3n) is 2.24. The highest BCUT2D eigenvalue weighted by molar-refractivity contribution is 5.90. The number of aliphatic carboxylic acids is 1. The predicted octanol–water partition coefficient (Wildman–Crippen LogP) is 0.425. The lowest BCUT2D eigenvalue weighted by molar-refractivity contribution is -0.137. The van der Waals surface area contributed by atoms with Crippen molar-refractivity contribution in [2.45, 2.75) is 26.8 Å². The molecule has 0 spiro atoms. The number of aromatic nitrogens is 2. The van der Waals surface area contributed by atoms with E-state index < -0.39 is 11.9 Å². The quantitative estimate of drug-likeness (QED) is 0.723. The van der Waals surface area contributed by atoms with Crippen LogP contribution in [0.3, 0.4) is 0 Å². The smallest absolute Gasteiger partial charge is 0.359 e. The van der Waals surface area contributed by atoms with E-state index in [-0.39, 0.29) is 31.1 Å². The molecule has 1 aromatic rings. The maximum Gasteiger partial charge on any atom is 0.359 e. The number of carbonyl (C=O) groups excluding carboxylic acids is 1. The first-order chi connectivity index (χ1) is 7.97. The molecule has 1 rings (SSSR count). The van der Waals surface area contributed by atoms with Crippen molar-refractivity contribution in [2.75, 3.05) is 12.3 Å². The molecular formula is C10H15N3O4. The minimum atomic E-state index is -0.949. The first kappa shape index (κ1) is 13.0. The summed E-state index contributed by atoms with van der Waals surface area (Å²) in [7, 11) is 0. The van der Waals surface area contributed by atoms with Gasteiger partial charge >= 0.3 is 11.9 Å². The first-order valence-electron chi connectivity index (χ1n) is 5.19. The van der Waals surface area contributed by atoms with Gasteiger partial charge in [-0.3, -0.25) is 4.79 Å². The molecule has 0 aliphatic heterocycles. The van der Waals surface area contributed by atoms with E-state index in [1.165, 1.54) is 4.68 Å². The molecule has 0 aliphatic carbocycles. The number of nitrogen functional groups attached to an aromatic ring is 1. The zero-order valence-electron chi connectivity index (χ0n) is 9.77. The molecule has 0 aromatic carbocycles. The lowest BCUT2D eigenvalue weighted by atomic mass is 10.2. The average molecular weight is 241 g/mol. The maximum atomic E-state index is 11.5. The lowest BCUT2D eigenvalue weighted by Gasteiger charge is -2.00. The number of nitrogens with two attached hydrogens (primary N) is 1. The summed E-state index contributed by atoms with van der Waals surface area (Å²) >= 11 is 0. The van der Waals surface area contributed by atoms with Gasteiger partial charge in [-0.2, -0.15) is 5.10 Å². The van der Waals surface area contributed by atoms with Crippen LogP contribution in [0.15, 0.2) is 0 Å². The van der Waals surface area contributed by atoms with Gasteiger partial charge in [0.1, 0.15) is 5.82 Å². The first-order valence-corrected chi connectivity index (χ1v) is 5.19. The number of hydrogen-bond acceptors (Lipinski definition) is 5. The van der Waals surface area contributed by atoms with Gasteiger partial charge in [0.2, 0.25) is 0 Å². The molecule has 0 radical (unpaired) electrons. The van der Waals surface area contributed by atoms with Crippen molar-refractivity contribution in [2.24, 2.45) is 0 Å². The zero-order valence-corrected chi connectivity index (χ0v) is 9.77. The van der Waals surface area contributed by atoms with E-state index in [1.54, 1.807) is 13.8 Å². The van der Waals surface area contributed by atoms with Crippen molar-refractivity contribution >= 4 is 17.8 Å². The van der Waals surface area contributed by atoms with Crippen LogP contribution in [0.25, 0.3) is 0 Å². The molecule has 1 heterocycles. The molecule has 0 aliphatic rings. The monoisotopic (exact) mass is 241 g/mol. The highest BCUT2D eigenvalue weighted by Crippen LogP contribution is 2.16. The summed E-state index contributed by atoms with van der Waals surface area (Å²) in [5.74, 6) is -1.21. The molecule has 94 valence electrons. The highest BCUT2D eigenvalue weighted by Gasteiger charge is 2.19. The van der Waals surface area contributed by atoms with Crippen molar-refractivity contribution in [3.8, 4) is 0 Å². The molecule has 0 fully saturated rings. The summed E-state index contributed by atoms with van der Waals surface area (Å²) in [6.45, 7) is 3.71. The highest BCUT2D eigenvalue weighted by atomic mass is 16.5. The van der Waals surface area contributed by atoms with Gasteiger partial charge < -0.3 is 15.6 Å². The minimum Gasteiger partial charge on any atom is -0.481 e. The Kier molecular flexibility index (Phi) is 4.08. The topological polar surface area (TPSA) is 107 Å². The Labute approximate surface area is 98.2 Å². The van der Waals surface area contributed by atoms with Crippen LogP contribution in [0.1, 0.15) is 29.4 Å². The summed E-state index contributed by atoms with van der Waals surface area (Å²) < 4.78 is 6.12. The van der Waals surface area contributed by atoms with Crippen LogP contribution >= 0.6 is 0 Å². The molecule has 7 heteroatoms. The number of ether oxygens (including phenoxy) is 1. The van der Waals surface area contributed by atoms with Crippen LogP contribution in [-0.4, -0.2) is 33.4 Å². The second-order valence-electron chi connectivity index (χ2n) is 3.45. The van der Waals surface area contributed by atoms with Gasteiger partial charge in [0.15, 0.2) is 5.69 Å². The van der Waals surface area contributed by atoms with Crippen LogP contribution in [-0.2, 0) is 16.1 Å². The molecule has 0 saturated carbocycles. The molecule has 17 heavy (non-hydrogen) atoms. The van der Waals surface area contributed by atoms with E-state index >= 15 is 0 Å². The molecule has 0 bridgehead atoms. The van der Waals surface area contributed by atoms with Crippen molar-refractivity contribution in [3.05, 3.63) is 11.3 Å². The Morgan fingerprint density at radius 3 is 2.71 bits per heavy atom. The van der Waals surface area contributed by atoms with Gasteiger partial charge in [-0.1, -0.05) is 0 Å². The average Bonchev–Trinajstić information content (AvgIpc) is 2.54. The fourth-order valence-corrected chi connectivity index (χ4v) is 1.33. The van der Waals surface area contributed by atoms with Crippen LogP contribution in [0.4, 0.5) is 5.82 Å². The third kappa shape index (κ3) is 2.96. The van der Waals surface area contributed by atoms with E-state index in [1.807, 2.05) is 0 Å². The fourth-order valence-electron chi connectivity index (χ4n) is 1.33. The summed E-state index contributed by atoms with van der Waals surface area (Å²) in [6, 6.07) is 0. The van der Waals surface area contributed by atoms with Crippen molar-refractivity contribution in [1.82, 2.24) is 9.78 Å². The summed E-state index contributed by atoms with van der Waals surface area (Å²) in [6.07, 6.45) is -0.104. The Morgan fingerprint density at radius 2 is 2.18 bits per heavy atom. The largest absolute Gasteiger partial charge is 0.481 e. The van der Waals surface area contributed by atoms with Crippen molar-refractivity contribution in [1.29, 1.82) is 0 Å². The second kappa shape index (κ2) is 5.33. The third-order valence-corrected chi connectivity index (χ3v) is 2.24. The molecule has 0 unspecified atom stereocenters. The number of nitrogens with zero attached hydrogens (tertiary/aromatic N) is 2. The molecule has 1 aromatic heterocycles. The maximum absolute atomic E-state index is 11.5. The Hall–Kier alpha value is -2.05. The lowest BCUT2D eigenvalue weighted by Crippen LogP contribution is -2.10. The number of anilines is 1. The van der Waals surface area contributed by atoms with Gasteiger partial charge in [0.05, 0.1) is 19.6 Å². The second-order valence-corrected chi connectivity index (χ2v) is 3.45. The summed E-state index contributed by atoms with van der Waals surface area (Å²) in [5, 5.41) is 12.5. The van der Waals surface area contributed by atoms with Crippen LogP contribution in [0.5, 0.6) is 0 Å². The summed E-state index contributed by atoms with van der Waals surface area (Å²) in [5.41, 5.74) is 6.37. The Morgan fingerprint density at radius 1 is 1.53 bits per heavy atom. The molecule has 0 amide bonds. The van der Waals surface area contributed by atoms with E-state index in [0.717, 1.165) is 0 Å². The molecule has 3 N–H and O–H groups in total. The van der Waals surface area contributed by atoms with Crippen LogP contribution in [0, 0.1) is 6.92 Å². The van der Waals surface area contributed by atoms with Crippen molar-refractivity contribution in [3.63, 3.8) is 0 Å². The Bertz CT molecular complexity index is 439. The SMILES string of the molecule is CCOC(=O)c1nn(CCC(=O)O)c(N)c1C. The van der Waals surface area contributed by atoms with Gasteiger partial charge in [0.25, 0.3) is 0 Å². The van der Waals surface area contributed by atoms with Gasteiger partial charge in [0, 0.05) is 5.56 Å². The standard InChI is InChI=1S/C10H15N3O4/c1-3-17-10(16)8-6(2)9(11)13(12-8)5-4-7(14)15/h3-5,11H2,1-2H3,(H,14,15). The number of carboxylic acid groups (broad SMARTS) is 1. The van der Waals surface area contributed by atoms with Gasteiger partial charge in [-0.05, 0) is 13.8 Å². The number of carboxylic acids is 1. The zero-order chi connectivity index (χ0) is 13.0. The predicted molar refractivity (Wildman–Crippen MR) is 59.6 cm³/mol. The minimum absolute atomic E-state index is 0.104. The number of esters is 1. The normalized spacial score (nSPS) is 10.2. The van der Waals surface area contributed by atoms with E-state index in [0.29, 0.717) is 5.56 Å². The van der Waals surface area contributed by atoms with Crippen LogP contribution in [0.2, 0.25) is 0 Å².